The van der Waals surface area contributed by atoms with Crippen LogP contribution in [0.4, 0.5) is 13.2 Å². The van der Waals surface area contributed by atoms with Crippen LogP contribution in [0.3, 0.4) is 0 Å². The number of nitrogens with zero attached hydrogens (tertiary/aromatic N) is 3. The van der Waals surface area contributed by atoms with Crippen LogP contribution in [-0.4, -0.2) is 33.2 Å². The second kappa shape index (κ2) is 7.10. The van der Waals surface area contributed by atoms with Crippen LogP contribution in [0, 0.1) is 11.8 Å². The molecule has 2 aromatic carbocycles. The average molecular weight is 453 g/mol. The molecule has 0 spiro atoms. The second-order valence-corrected chi connectivity index (χ2v) is 9.26. The highest BCUT2D eigenvalue weighted by Crippen LogP contribution is 2.52. The van der Waals surface area contributed by atoms with Crippen molar-refractivity contribution in [2.75, 3.05) is 6.54 Å². The van der Waals surface area contributed by atoms with Crippen molar-refractivity contribution < 1.29 is 22.7 Å². The maximum Gasteiger partial charge on any atom is 0.416 e. The normalized spacial score (nSPS) is 25.8. The molecule has 3 aliphatic rings. The van der Waals surface area contributed by atoms with E-state index in [0.29, 0.717) is 17.4 Å². The summed E-state index contributed by atoms with van der Waals surface area (Å²) >= 11 is 0. The monoisotopic (exact) mass is 453 g/mol. The van der Waals surface area contributed by atoms with Crippen molar-refractivity contribution in [1.82, 2.24) is 14.7 Å². The minimum atomic E-state index is -4.39. The van der Waals surface area contributed by atoms with Gasteiger partial charge in [-0.2, -0.15) is 18.3 Å². The van der Waals surface area contributed by atoms with E-state index in [1.54, 1.807) is 4.68 Å². The van der Waals surface area contributed by atoms with E-state index in [-0.39, 0.29) is 23.8 Å². The fourth-order valence-corrected chi connectivity index (χ4v) is 5.23. The number of fused-ring (bicyclic) bond motifs is 3. The Hall–Kier alpha value is -3.29. The van der Waals surface area contributed by atoms with Gasteiger partial charge in [-0.25, -0.2) is 0 Å². The minimum Gasteiger partial charge on any atom is -0.457 e. The molecule has 3 aromatic rings. The van der Waals surface area contributed by atoms with Gasteiger partial charge in [0.15, 0.2) is 0 Å². The first kappa shape index (κ1) is 20.3. The molecule has 2 aliphatic carbocycles. The quantitative estimate of drug-likeness (QED) is 0.506. The molecule has 1 amide bonds. The van der Waals surface area contributed by atoms with Crippen molar-refractivity contribution in [2.24, 2.45) is 18.9 Å². The minimum absolute atomic E-state index is 0.0640. The molecule has 170 valence electrons. The molecule has 1 aromatic heterocycles. The topological polar surface area (TPSA) is 47.4 Å². The number of carbonyl (C=O) groups is 1. The van der Waals surface area contributed by atoms with Crippen LogP contribution in [0.2, 0.25) is 0 Å². The molecular weight excluding hydrogens is 431 g/mol. The SMILES string of the molecule is Cn1cc2cc(Oc3ccc(C(F)(F)F)cc3)cc([C@@H]3C[C@H]3C(=O)N3CC4C=CC3C4)c2n1. The van der Waals surface area contributed by atoms with Gasteiger partial charge in [0.1, 0.15) is 11.5 Å². The van der Waals surface area contributed by atoms with Crippen molar-refractivity contribution >= 4 is 16.8 Å². The molecule has 1 aliphatic heterocycles. The van der Waals surface area contributed by atoms with E-state index in [4.69, 9.17) is 4.74 Å². The highest BCUT2D eigenvalue weighted by atomic mass is 19.4. The summed E-state index contributed by atoms with van der Waals surface area (Å²) in [6.07, 6.45) is 3.63. The van der Waals surface area contributed by atoms with Gasteiger partial charge in [-0.1, -0.05) is 12.2 Å². The molecule has 6 rings (SSSR count). The van der Waals surface area contributed by atoms with E-state index in [0.717, 1.165) is 48.0 Å². The Kier molecular flexibility index (Phi) is 4.38. The number of halogens is 3. The number of alkyl halides is 3. The lowest BCUT2D eigenvalue weighted by Gasteiger charge is -2.24. The Labute approximate surface area is 188 Å². The lowest BCUT2D eigenvalue weighted by atomic mass is 10.0. The molecule has 5 nitrogen and oxygen atoms in total. The van der Waals surface area contributed by atoms with E-state index in [2.05, 4.69) is 17.3 Å². The molecule has 1 saturated carbocycles. The summed E-state index contributed by atoms with van der Waals surface area (Å²) in [7, 11) is 1.84. The molecule has 1 saturated heterocycles. The molecule has 2 bridgehead atoms. The number of hydrogen-bond acceptors (Lipinski definition) is 3. The van der Waals surface area contributed by atoms with Crippen LogP contribution in [0.1, 0.15) is 29.9 Å². The predicted molar refractivity (Wildman–Crippen MR) is 116 cm³/mol. The van der Waals surface area contributed by atoms with E-state index in [9.17, 15) is 18.0 Å². The Morgan fingerprint density at radius 1 is 1.09 bits per heavy atom. The number of ether oxygens (including phenoxy) is 1. The second-order valence-electron chi connectivity index (χ2n) is 9.26. The van der Waals surface area contributed by atoms with Crippen molar-refractivity contribution in [2.45, 2.75) is 31.0 Å². The molecule has 8 heteroatoms. The smallest absolute Gasteiger partial charge is 0.416 e. The third-order valence-corrected chi connectivity index (χ3v) is 6.91. The summed E-state index contributed by atoms with van der Waals surface area (Å²) in [6, 6.07) is 8.57. The fraction of sp³-hybridized carbons (Fsp3) is 0.360. The van der Waals surface area contributed by atoms with Gasteiger partial charge in [0.2, 0.25) is 5.91 Å². The van der Waals surface area contributed by atoms with E-state index in [1.165, 1.54) is 12.1 Å². The van der Waals surface area contributed by atoms with Gasteiger partial charge >= 0.3 is 6.18 Å². The highest BCUT2D eigenvalue weighted by Gasteiger charge is 2.50. The molecular formula is C25H22F3N3O2. The Balaban J connectivity index is 1.27. The van der Waals surface area contributed by atoms with Crippen molar-refractivity contribution in [3.8, 4) is 11.5 Å². The van der Waals surface area contributed by atoms with Gasteiger partial charge in [-0.3, -0.25) is 9.48 Å². The summed E-state index contributed by atoms with van der Waals surface area (Å²) in [4.78, 5) is 15.2. The number of likely N-dealkylation sites (tertiary alicyclic amines) is 1. The first-order valence-electron chi connectivity index (χ1n) is 11.1. The van der Waals surface area contributed by atoms with Crippen molar-refractivity contribution in [3.05, 3.63) is 65.9 Å². The van der Waals surface area contributed by atoms with Gasteiger partial charge < -0.3 is 9.64 Å². The van der Waals surface area contributed by atoms with Crippen LogP contribution >= 0.6 is 0 Å². The van der Waals surface area contributed by atoms with Crippen LogP contribution < -0.4 is 4.74 Å². The maximum atomic E-state index is 13.2. The fourth-order valence-electron chi connectivity index (χ4n) is 5.23. The number of aromatic nitrogens is 2. The van der Waals surface area contributed by atoms with E-state index in [1.807, 2.05) is 30.3 Å². The number of hydrogen-bond donors (Lipinski definition) is 0. The summed E-state index contributed by atoms with van der Waals surface area (Å²) in [5.74, 6) is 1.53. The zero-order valence-corrected chi connectivity index (χ0v) is 17.9. The molecule has 33 heavy (non-hydrogen) atoms. The molecule has 2 heterocycles. The van der Waals surface area contributed by atoms with Crippen LogP contribution in [0.5, 0.6) is 11.5 Å². The van der Waals surface area contributed by atoms with Crippen molar-refractivity contribution in [1.29, 1.82) is 0 Å². The van der Waals surface area contributed by atoms with Gasteiger partial charge in [0, 0.05) is 31.1 Å². The number of rotatable bonds is 4. The lowest BCUT2D eigenvalue weighted by Crippen LogP contribution is -2.37. The summed E-state index contributed by atoms with van der Waals surface area (Å²) in [5.41, 5.74) is 1.07. The molecule has 0 N–H and O–H groups in total. The largest absolute Gasteiger partial charge is 0.457 e. The molecule has 0 radical (unpaired) electrons. The zero-order chi connectivity index (χ0) is 22.9. The van der Waals surface area contributed by atoms with E-state index >= 15 is 0 Å². The average Bonchev–Trinajstić information content (AvgIpc) is 3.06. The highest BCUT2D eigenvalue weighted by molar-refractivity contribution is 5.89. The number of amides is 1. The number of aryl methyl sites for hydroxylation is 1. The third kappa shape index (κ3) is 3.57. The molecule has 2 unspecified atom stereocenters. The van der Waals surface area contributed by atoms with Crippen LogP contribution in [0.15, 0.2) is 54.7 Å². The standard InChI is InChI=1S/C25H22F3N3O2/c1-30-13-15-9-19(33-18-6-3-16(4-7-18)25(26,27)28)10-21(23(15)29-30)20-11-22(20)24(32)31-12-14-2-5-17(31)8-14/h2-7,9-10,13-14,17,20,22H,8,11-12H2,1H3/t14?,17?,20-,22+/m0/s1. The van der Waals surface area contributed by atoms with Gasteiger partial charge in [0.25, 0.3) is 0 Å². The first-order valence-corrected chi connectivity index (χ1v) is 11.1. The van der Waals surface area contributed by atoms with Gasteiger partial charge in [0.05, 0.1) is 17.1 Å². The lowest BCUT2D eigenvalue weighted by molar-refractivity contribution is -0.137. The van der Waals surface area contributed by atoms with Crippen LogP contribution in [0.25, 0.3) is 10.9 Å². The van der Waals surface area contributed by atoms with E-state index < -0.39 is 11.7 Å². The Morgan fingerprint density at radius 2 is 1.88 bits per heavy atom. The maximum absolute atomic E-state index is 13.2. The van der Waals surface area contributed by atoms with Gasteiger partial charge in [-0.05, 0) is 66.6 Å². The number of carbonyl (C=O) groups excluding carboxylic acids is 1. The van der Waals surface area contributed by atoms with Gasteiger partial charge in [-0.15, -0.1) is 0 Å². The number of benzene rings is 2. The predicted octanol–water partition coefficient (Wildman–Crippen LogP) is 5.27. The van der Waals surface area contributed by atoms with Crippen LogP contribution in [-0.2, 0) is 18.0 Å². The molecule has 4 atom stereocenters. The Morgan fingerprint density at radius 3 is 2.55 bits per heavy atom. The summed E-state index contributed by atoms with van der Waals surface area (Å²) in [6.45, 7) is 0.805. The first-order chi connectivity index (χ1) is 15.8. The summed E-state index contributed by atoms with van der Waals surface area (Å²) in [5, 5.41) is 5.46. The zero-order valence-electron chi connectivity index (χ0n) is 17.9. The summed E-state index contributed by atoms with van der Waals surface area (Å²) < 4.78 is 46.2. The Bertz CT molecular complexity index is 1280. The third-order valence-electron chi connectivity index (χ3n) is 6.91. The molecule has 2 fully saturated rings. The van der Waals surface area contributed by atoms with Crippen molar-refractivity contribution in [3.63, 3.8) is 0 Å².